The lowest BCUT2D eigenvalue weighted by molar-refractivity contribution is 0.684. The van der Waals surface area contributed by atoms with Gasteiger partial charge in [0.05, 0.1) is 11.6 Å². The molecular weight excluding hydrogens is 214 g/mol. The van der Waals surface area contributed by atoms with Crippen LogP contribution in [0.2, 0.25) is 0 Å². The molecule has 1 aliphatic rings. The molecule has 1 aromatic rings. The molecule has 1 aliphatic heterocycles. The second-order valence-corrected chi connectivity index (χ2v) is 6.17. The molecule has 0 radical (unpaired) electrons. The van der Waals surface area contributed by atoms with Crippen molar-refractivity contribution in [1.82, 2.24) is 0 Å². The summed E-state index contributed by atoms with van der Waals surface area (Å²) in [5.41, 5.74) is 1.73. The molecule has 0 aromatic heterocycles. The van der Waals surface area contributed by atoms with Crippen molar-refractivity contribution in [2.45, 2.75) is 4.58 Å². The Kier molecular flexibility index (Phi) is 2.90. The number of nitriles is 1. The molecule has 1 heterocycles. The zero-order valence-electron chi connectivity index (χ0n) is 7.47. The van der Waals surface area contributed by atoms with Gasteiger partial charge in [-0.15, -0.1) is 11.8 Å². The van der Waals surface area contributed by atoms with Gasteiger partial charge in [0.2, 0.25) is 0 Å². The van der Waals surface area contributed by atoms with Crippen molar-refractivity contribution >= 4 is 22.6 Å². The Bertz CT molecular complexity index is 394. The highest BCUT2D eigenvalue weighted by Crippen LogP contribution is 2.37. The molecule has 0 aliphatic carbocycles. The fraction of sp³-hybridized carbons (Fsp3) is 0.300. The van der Waals surface area contributed by atoms with Crippen molar-refractivity contribution in [3.05, 3.63) is 35.4 Å². The van der Waals surface area contributed by atoms with Gasteiger partial charge < -0.3 is 0 Å². The van der Waals surface area contributed by atoms with E-state index in [9.17, 15) is 4.21 Å². The zero-order chi connectivity index (χ0) is 9.97. The van der Waals surface area contributed by atoms with Crippen molar-refractivity contribution < 1.29 is 4.21 Å². The highest BCUT2D eigenvalue weighted by Gasteiger charge is 2.24. The number of hydrogen-bond donors (Lipinski definition) is 0. The fourth-order valence-electron chi connectivity index (χ4n) is 1.38. The lowest BCUT2D eigenvalue weighted by atomic mass is 10.2. The molecule has 2 rings (SSSR count). The molecule has 14 heavy (non-hydrogen) atoms. The van der Waals surface area contributed by atoms with Crippen molar-refractivity contribution in [3.63, 3.8) is 0 Å². The summed E-state index contributed by atoms with van der Waals surface area (Å²) in [6, 6.07) is 9.44. The van der Waals surface area contributed by atoms with E-state index in [-0.39, 0.29) is 4.58 Å². The van der Waals surface area contributed by atoms with Crippen LogP contribution in [0.15, 0.2) is 24.3 Å². The first-order chi connectivity index (χ1) is 6.81. The third kappa shape index (κ3) is 1.84. The Balaban J connectivity index is 2.25. The summed E-state index contributed by atoms with van der Waals surface area (Å²) in [4.78, 5) is 0. The summed E-state index contributed by atoms with van der Waals surface area (Å²) in [6.45, 7) is 0. The molecule has 72 valence electrons. The molecule has 0 N–H and O–H groups in total. The number of nitrogens with zero attached hydrogens (tertiary/aromatic N) is 1. The molecule has 0 spiro atoms. The van der Waals surface area contributed by atoms with Gasteiger partial charge in [-0.2, -0.15) is 5.26 Å². The number of hydrogen-bond acceptors (Lipinski definition) is 3. The zero-order valence-corrected chi connectivity index (χ0v) is 9.11. The minimum absolute atomic E-state index is 0.114. The molecular formula is C10H9NOS2. The van der Waals surface area contributed by atoms with E-state index in [0.29, 0.717) is 5.56 Å². The van der Waals surface area contributed by atoms with E-state index in [4.69, 9.17) is 5.26 Å². The van der Waals surface area contributed by atoms with Gasteiger partial charge in [0, 0.05) is 22.3 Å². The molecule has 1 aromatic carbocycles. The van der Waals surface area contributed by atoms with Crippen molar-refractivity contribution in [1.29, 1.82) is 5.26 Å². The summed E-state index contributed by atoms with van der Waals surface area (Å²) in [5.74, 6) is 1.76. The Morgan fingerprint density at radius 2 is 2.14 bits per heavy atom. The number of benzene rings is 1. The predicted octanol–water partition coefficient (Wildman–Crippen LogP) is 2.05. The molecule has 1 fully saturated rings. The van der Waals surface area contributed by atoms with Gasteiger partial charge in [-0.05, 0) is 17.7 Å². The summed E-state index contributed by atoms with van der Waals surface area (Å²) >= 11 is 1.73. The molecule has 4 heteroatoms. The minimum atomic E-state index is -0.740. The second-order valence-electron chi connectivity index (χ2n) is 3.02. The van der Waals surface area contributed by atoms with Crippen LogP contribution in [0, 0.1) is 11.3 Å². The van der Waals surface area contributed by atoms with E-state index in [1.54, 1.807) is 23.9 Å². The lowest BCUT2D eigenvalue weighted by Gasteiger charge is -2.07. The van der Waals surface area contributed by atoms with Crippen LogP contribution in [0.4, 0.5) is 0 Å². The number of rotatable bonds is 1. The summed E-state index contributed by atoms with van der Waals surface area (Å²) in [6.07, 6.45) is 0. The Labute approximate surface area is 89.8 Å². The van der Waals surface area contributed by atoms with Crippen LogP contribution in [0.5, 0.6) is 0 Å². The van der Waals surface area contributed by atoms with Crippen molar-refractivity contribution in [3.8, 4) is 6.07 Å². The van der Waals surface area contributed by atoms with Crippen LogP contribution in [0.25, 0.3) is 0 Å². The van der Waals surface area contributed by atoms with Crippen LogP contribution in [-0.2, 0) is 10.8 Å². The standard InChI is InChI=1S/C10H9NOS2/c11-7-8-1-3-9(4-2-8)10-13-5-6-14(10)12/h1-4,10H,5-6H2. The van der Waals surface area contributed by atoms with E-state index < -0.39 is 10.8 Å². The van der Waals surface area contributed by atoms with Crippen LogP contribution >= 0.6 is 11.8 Å². The Morgan fingerprint density at radius 3 is 2.64 bits per heavy atom. The van der Waals surface area contributed by atoms with Crippen LogP contribution in [0.1, 0.15) is 15.7 Å². The topological polar surface area (TPSA) is 40.9 Å². The van der Waals surface area contributed by atoms with E-state index in [0.717, 1.165) is 17.1 Å². The maximum Gasteiger partial charge on any atom is 0.105 e. The monoisotopic (exact) mass is 223 g/mol. The SMILES string of the molecule is N#Cc1ccc(C2SCCS2=O)cc1. The Hall–Kier alpha value is -0.790. The predicted molar refractivity (Wildman–Crippen MR) is 59.4 cm³/mol. The lowest BCUT2D eigenvalue weighted by Crippen LogP contribution is -1.97. The molecule has 2 unspecified atom stereocenters. The van der Waals surface area contributed by atoms with Gasteiger partial charge in [-0.1, -0.05) is 12.1 Å². The molecule has 0 amide bonds. The van der Waals surface area contributed by atoms with Crippen LogP contribution in [0.3, 0.4) is 0 Å². The first-order valence-electron chi connectivity index (χ1n) is 4.30. The molecule has 0 saturated carbocycles. The average Bonchev–Trinajstić information content (AvgIpc) is 2.65. The highest BCUT2D eigenvalue weighted by atomic mass is 32.2. The largest absolute Gasteiger partial charge is 0.258 e. The summed E-state index contributed by atoms with van der Waals surface area (Å²) in [7, 11) is -0.740. The van der Waals surface area contributed by atoms with Gasteiger partial charge in [-0.25, -0.2) is 0 Å². The second kappa shape index (κ2) is 4.16. The summed E-state index contributed by atoms with van der Waals surface area (Å²) < 4.78 is 11.7. The molecule has 2 nitrogen and oxygen atoms in total. The van der Waals surface area contributed by atoms with E-state index in [2.05, 4.69) is 6.07 Å². The van der Waals surface area contributed by atoms with Gasteiger partial charge in [-0.3, -0.25) is 4.21 Å². The first kappa shape index (κ1) is 9.75. The normalized spacial score (nSPS) is 25.9. The van der Waals surface area contributed by atoms with E-state index in [1.165, 1.54) is 0 Å². The molecule has 2 atom stereocenters. The van der Waals surface area contributed by atoms with Gasteiger partial charge in [0.25, 0.3) is 0 Å². The highest BCUT2D eigenvalue weighted by molar-refractivity contribution is 8.13. The van der Waals surface area contributed by atoms with Crippen molar-refractivity contribution in [2.24, 2.45) is 0 Å². The Morgan fingerprint density at radius 1 is 1.43 bits per heavy atom. The number of thioether (sulfide) groups is 1. The fourth-order valence-corrected chi connectivity index (χ4v) is 4.85. The minimum Gasteiger partial charge on any atom is -0.258 e. The third-order valence-electron chi connectivity index (χ3n) is 2.10. The van der Waals surface area contributed by atoms with Crippen molar-refractivity contribution in [2.75, 3.05) is 11.5 Å². The summed E-state index contributed by atoms with van der Waals surface area (Å²) in [5, 5.41) is 8.63. The van der Waals surface area contributed by atoms with Gasteiger partial charge >= 0.3 is 0 Å². The average molecular weight is 223 g/mol. The first-order valence-corrected chi connectivity index (χ1v) is 6.73. The van der Waals surface area contributed by atoms with Crippen LogP contribution in [-0.4, -0.2) is 15.7 Å². The third-order valence-corrected chi connectivity index (χ3v) is 5.79. The quantitative estimate of drug-likeness (QED) is 0.731. The van der Waals surface area contributed by atoms with Gasteiger partial charge in [0.1, 0.15) is 4.58 Å². The smallest absolute Gasteiger partial charge is 0.105 e. The molecule has 0 bridgehead atoms. The van der Waals surface area contributed by atoms with E-state index in [1.807, 2.05) is 12.1 Å². The maximum absolute atomic E-state index is 11.6. The van der Waals surface area contributed by atoms with E-state index >= 15 is 0 Å². The maximum atomic E-state index is 11.6. The molecule has 1 saturated heterocycles. The van der Waals surface area contributed by atoms with Gasteiger partial charge in [0.15, 0.2) is 0 Å². The van der Waals surface area contributed by atoms with Crippen LogP contribution < -0.4 is 0 Å².